The summed E-state index contributed by atoms with van der Waals surface area (Å²) in [4.78, 5) is 22.3. The van der Waals surface area contributed by atoms with Gasteiger partial charge in [0, 0.05) is 13.1 Å². The number of hydrogen-bond donors (Lipinski definition) is 2. The van der Waals surface area contributed by atoms with Gasteiger partial charge < -0.3 is 15.4 Å². The fraction of sp³-hybridized carbons (Fsp3) is 0.867. The molecule has 0 aromatic rings. The first-order valence-electron chi connectivity index (χ1n) is 7.64. The summed E-state index contributed by atoms with van der Waals surface area (Å²) in [5.74, 6) is 0.0446. The largest absolute Gasteiger partial charge is 0.444 e. The Labute approximate surface area is 136 Å². The minimum atomic E-state index is -0.436. The Kier molecular flexibility index (Phi) is 11.4. The van der Waals surface area contributed by atoms with Crippen molar-refractivity contribution < 1.29 is 14.3 Å². The number of halogens is 1. The summed E-state index contributed by atoms with van der Waals surface area (Å²) in [5, 5.41) is 5.96. The van der Waals surface area contributed by atoms with E-state index in [1.165, 1.54) is 0 Å². The van der Waals surface area contributed by atoms with E-state index in [2.05, 4.69) is 26.6 Å². The summed E-state index contributed by atoms with van der Waals surface area (Å²) in [6.07, 6.45) is 6.20. The summed E-state index contributed by atoms with van der Waals surface area (Å²) >= 11 is 3.11. The number of alkyl carbamates (subject to hydrolysis) is 1. The van der Waals surface area contributed by atoms with Gasteiger partial charge >= 0.3 is 6.09 Å². The number of ether oxygens (including phenoxy) is 1. The molecular formula is C15H29BrN2O3. The predicted octanol–water partition coefficient (Wildman–Crippen LogP) is 3.36. The summed E-state index contributed by atoms with van der Waals surface area (Å²) in [7, 11) is 0. The van der Waals surface area contributed by atoms with Gasteiger partial charge in [-0.1, -0.05) is 41.6 Å². The van der Waals surface area contributed by atoms with E-state index in [1.807, 2.05) is 20.8 Å². The highest BCUT2D eigenvalue weighted by Crippen LogP contribution is 2.07. The topological polar surface area (TPSA) is 67.4 Å². The summed E-state index contributed by atoms with van der Waals surface area (Å²) < 4.78 is 5.15. The fourth-order valence-electron chi connectivity index (χ4n) is 1.74. The Bertz CT molecular complexity index is 304. The maximum Gasteiger partial charge on any atom is 0.407 e. The molecule has 0 fully saturated rings. The van der Waals surface area contributed by atoms with Gasteiger partial charge in [0.1, 0.15) is 5.60 Å². The standard InChI is InChI=1S/C15H29BrN2O3/c1-15(2,3)21-14(20)18-11-9-7-5-4-6-8-10-17-13(19)12-16/h4-12H2,1-3H3,(H,17,19)(H,18,20). The first kappa shape index (κ1) is 20.2. The smallest absolute Gasteiger partial charge is 0.407 e. The zero-order valence-electron chi connectivity index (χ0n) is 13.5. The van der Waals surface area contributed by atoms with Crippen LogP contribution in [0.25, 0.3) is 0 Å². The lowest BCUT2D eigenvalue weighted by molar-refractivity contribution is -0.118. The van der Waals surface area contributed by atoms with Gasteiger partial charge in [-0.2, -0.15) is 0 Å². The third-order valence-electron chi connectivity index (χ3n) is 2.72. The molecule has 21 heavy (non-hydrogen) atoms. The van der Waals surface area contributed by atoms with Gasteiger partial charge in [0.15, 0.2) is 0 Å². The maximum atomic E-state index is 11.4. The van der Waals surface area contributed by atoms with Crippen LogP contribution >= 0.6 is 15.9 Å². The van der Waals surface area contributed by atoms with Gasteiger partial charge in [0.2, 0.25) is 5.91 Å². The van der Waals surface area contributed by atoms with E-state index in [1.54, 1.807) is 0 Å². The molecule has 0 aromatic carbocycles. The first-order valence-corrected chi connectivity index (χ1v) is 8.77. The van der Waals surface area contributed by atoms with Crippen molar-refractivity contribution in [1.82, 2.24) is 10.6 Å². The molecule has 0 aliphatic heterocycles. The van der Waals surface area contributed by atoms with Crippen LogP contribution in [0.3, 0.4) is 0 Å². The quantitative estimate of drug-likeness (QED) is 0.461. The van der Waals surface area contributed by atoms with Crippen molar-refractivity contribution in [3.63, 3.8) is 0 Å². The second-order valence-corrected chi connectivity index (χ2v) is 6.59. The monoisotopic (exact) mass is 364 g/mol. The SMILES string of the molecule is CC(C)(C)OC(=O)NCCCCCCCCNC(=O)CBr. The van der Waals surface area contributed by atoms with Crippen molar-refractivity contribution in [3.8, 4) is 0 Å². The van der Waals surface area contributed by atoms with E-state index in [0.29, 0.717) is 11.9 Å². The van der Waals surface area contributed by atoms with Gasteiger partial charge in [-0.05, 0) is 33.6 Å². The zero-order chi connectivity index (χ0) is 16.1. The van der Waals surface area contributed by atoms with Gasteiger partial charge in [0.05, 0.1) is 5.33 Å². The van der Waals surface area contributed by atoms with E-state index < -0.39 is 5.60 Å². The molecule has 0 radical (unpaired) electrons. The highest BCUT2D eigenvalue weighted by molar-refractivity contribution is 9.09. The Morgan fingerprint density at radius 1 is 0.905 bits per heavy atom. The molecule has 5 nitrogen and oxygen atoms in total. The average Bonchev–Trinajstić information content (AvgIpc) is 2.38. The Morgan fingerprint density at radius 3 is 1.86 bits per heavy atom. The zero-order valence-corrected chi connectivity index (χ0v) is 15.1. The van der Waals surface area contributed by atoms with Crippen molar-refractivity contribution in [2.45, 2.75) is 64.9 Å². The van der Waals surface area contributed by atoms with Gasteiger partial charge in [-0.3, -0.25) is 4.79 Å². The van der Waals surface area contributed by atoms with E-state index >= 15 is 0 Å². The lowest BCUT2D eigenvalue weighted by atomic mass is 10.1. The molecule has 0 aromatic heterocycles. The molecule has 0 aliphatic rings. The second-order valence-electron chi connectivity index (χ2n) is 6.03. The summed E-state index contributed by atoms with van der Waals surface area (Å²) in [5.41, 5.74) is -0.436. The lowest BCUT2D eigenvalue weighted by Crippen LogP contribution is -2.32. The van der Waals surface area contributed by atoms with E-state index in [9.17, 15) is 9.59 Å². The van der Waals surface area contributed by atoms with E-state index in [4.69, 9.17) is 4.74 Å². The van der Waals surface area contributed by atoms with Crippen molar-refractivity contribution in [3.05, 3.63) is 0 Å². The number of nitrogens with one attached hydrogen (secondary N) is 2. The molecule has 0 aliphatic carbocycles. The highest BCUT2D eigenvalue weighted by Gasteiger charge is 2.15. The van der Waals surface area contributed by atoms with Crippen LogP contribution in [-0.4, -0.2) is 36.0 Å². The van der Waals surface area contributed by atoms with Crippen LogP contribution in [0.15, 0.2) is 0 Å². The molecule has 124 valence electrons. The third kappa shape index (κ3) is 15.4. The van der Waals surface area contributed by atoms with Crippen LogP contribution in [-0.2, 0) is 9.53 Å². The molecule has 0 heterocycles. The number of unbranched alkanes of at least 4 members (excludes halogenated alkanes) is 5. The minimum absolute atomic E-state index is 0.0446. The molecule has 0 spiro atoms. The number of alkyl halides is 1. The van der Waals surface area contributed by atoms with Gasteiger partial charge in [-0.15, -0.1) is 0 Å². The first-order chi connectivity index (χ1) is 9.85. The van der Waals surface area contributed by atoms with Gasteiger partial charge in [-0.25, -0.2) is 4.79 Å². The molecule has 2 amide bonds. The number of rotatable bonds is 10. The molecule has 0 unspecified atom stereocenters. The van der Waals surface area contributed by atoms with Crippen molar-refractivity contribution in [1.29, 1.82) is 0 Å². The second kappa shape index (κ2) is 11.8. The van der Waals surface area contributed by atoms with Crippen LogP contribution in [0, 0.1) is 0 Å². The molecule has 0 saturated carbocycles. The molecule has 0 atom stereocenters. The van der Waals surface area contributed by atoms with E-state index in [-0.39, 0.29) is 12.0 Å². The van der Waals surface area contributed by atoms with Crippen molar-refractivity contribution in [2.24, 2.45) is 0 Å². The normalized spacial score (nSPS) is 11.0. The van der Waals surface area contributed by atoms with Crippen LogP contribution in [0.4, 0.5) is 4.79 Å². The summed E-state index contributed by atoms with van der Waals surface area (Å²) in [6, 6.07) is 0. The Hall–Kier alpha value is -0.780. The third-order valence-corrected chi connectivity index (χ3v) is 3.22. The Morgan fingerprint density at radius 2 is 1.38 bits per heavy atom. The highest BCUT2D eigenvalue weighted by atomic mass is 79.9. The molecular weight excluding hydrogens is 336 g/mol. The maximum absolute atomic E-state index is 11.4. The minimum Gasteiger partial charge on any atom is -0.444 e. The molecule has 6 heteroatoms. The van der Waals surface area contributed by atoms with Gasteiger partial charge in [0.25, 0.3) is 0 Å². The van der Waals surface area contributed by atoms with Crippen molar-refractivity contribution in [2.75, 3.05) is 18.4 Å². The summed E-state index contributed by atoms with van der Waals surface area (Å²) in [6.45, 7) is 6.98. The van der Waals surface area contributed by atoms with Crippen LogP contribution in [0.5, 0.6) is 0 Å². The molecule has 2 N–H and O–H groups in total. The van der Waals surface area contributed by atoms with Crippen molar-refractivity contribution >= 4 is 27.9 Å². The van der Waals surface area contributed by atoms with E-state index in [0.717, 1.165) is 45.1 Å². The molecule has 0 rings (SSSR count). The van der Waals surface area contributed by atoms with Crippen LogP contribution < -0.4 is 10.6 Å². The molecule has 0 bridgehead atoms. The average molecular weight is 365 g/mol. The number of hydrogen-bond acceptors (Lipinski definition) is 3. The number of carbonyl (C=O) groups excluding carboxylic acids is 2. The Balaban J connectivity index is 3.26. The number of carbonyl (C=O) groups is 2. The predicted molar refractivity (Wildman–Crippen MR) is 88.7 cm³/mol. The van der Waals surface area contributed by atoms with Crippen LogP contribution in [0.1, 0.15) is 59.3 Å². The fourth-order valence-corrected chi connectivity index (χ4v) is 1.94. The van der Waals surface area contributed by atoms with Crippen LogP contribution in [0.2, 0.25) is 0 Å². The number of amides is 2. The molecule has 0 saturated heterocycles. The lowest BCUT2D eigenvalue weighted by Gasteiger charge is -2.19.